The van der Waals surface area contributed by atoms with E-state index in [4.69, 9.17) is 5.11 Å². The van der Waals surface area contributed by atoms with E-state index in [1.165, 1.54) is 0 Å². The number of aliphatic carboxylic acids is 1. The van der Waals surface area contributed by atoms with Crippen LogP contribution in [0.3, 0.4) is 0 Å². The fourth-order valence-electron chi connectivity index (χ4n) is 2.37. The van der Waals surface area contributed by atoms with Crippen molar-refractivity contribution in [2.75, 3.05) is 6.54 Å². The third-order valence-electron chi connectivity index (χ3n) is 3.40. The maximum absolute atomic E-state index is 12.8. The van der Waals surface area contributed by atoms with Crippen LogP contribution in [0.4, 0.5) is 13.2 Å². The molecule has 1 aliphatic heterocycles. The lowest BCUT2D eigenvalue weighted by atomic mass is 10.0. The highest BCUT2D eigenvalue weighted by Crippen LogP contribution is 2.34. The predicted octanol–water partition coefficient (Wildman–Crippen LogP) is 1.55. The van der Waals surface area contributed by atoms with E-state index in [0.29, 0.717) is 4.31 Å². The van der Waals surface area contributed by atoms with Crippen LogP contribution in [-0.4, -0.2) is 42.8 Å². The quantitative estimate of drug-likeness (QED) is 0.912. The molecule has 116 valence electrons. The average Bonchev–Trinajstić information content (AvgIpc) is 2.84. The van der Waals surface area contributed by atoms with Crippen molar-refractivity contribution >= 4 is 16.0 Å². The van der Waals surface area contributed by atoms with E-state index in [-0.39, 0.29) is 17.9 Å². The fourth-order valence-corrected chi connectivity index (χ4v) is 4.01. The lowest BCUT2D eigenvalue weighted by Gasteiger charge is -2.23. The van der Waals surface area contributed by atoms with Gasteiger partial charge >= 0.3 is 5.97 Å². The summed E-state index contributed by atoms with van der Waals surface area (Å²) >= 11 is 0. The molecule has 1 aromatic carbocycles. The molecule has 2 rings (SSSR count). The first-order chi connectivity index (χ1) is 9.75. The zero-order chi connectivity index (χ0) is 15.8. The Morgan fingerprint density at radius 3 is 2.33 bits per heavy atom. The van der Waals surface area contributed by atoms with E-state index in [1.54, 1.807) is 0 Å². The Morgan fingerprint density at radius 2 is 1.86 bits per heavy atom. The van der Waals surface area contributed by atoms with E-state index in [1.807, 2.05) is 0 Å². The molecule has 1 N–H and O–H groups in total. The Balaban J connectivity index is 2.39. The smallest absolute Gasteiger partial charge is 0.322 e. The SMILES string of the molecule is O=C(O)[C@@H]1C(C(F)F)CCN1S(=O)(=O)c1ccc(F)cc1. The van der Waals surface area contributed by atoms with Crippen LogP contribution in [0.1, 0.15) is 6.42 Å². The molecule has 21 heavy (non-hydrogen) atoms. The average molecular weight is 323 g/mol. The lowest BCUT2D eigenvalue weighted by Crippen LogP contribution is -2.44. The van der Waals surface area contributed by atoms with Crippen LogP contribution >= 0.6 is 0 Å². The summed E-state index contributed by atoms with van der Waals surface area (Å²) in [4.78, 5) is 10.8. The second-order valence-corrected chi connectivity index (χ2v) is 6.53. The van der Waals surface area contributed by atoms with Crippen LogP contribution in [-0.2, 0) is 14.8 Å². The summed E-state index contributed by atoms with van der Waals surface area (Å²) in [5.41, 5.74) is 0. The minimum atomic E-state index is -4.26. The van der Waals surface area contributed by atoms with Gasteiger partial charge in [-0.05, 0) is 30.7 Å². The first kappa shape index (κ1) is 15.8. The standard InChI is InChI=1S/C12H12F3NO4S/c13-7-1-3-8(4-2-7)21(19,20)16-6-5-9(11(14)15)10(16)12(17)18/h1-4,9-11H,5-6H2,(H,17,18)/t9?,10-/m0/s1. The number of benzene rings is 1. The van der Waals surface area contributed by atoms with Crippen molar-refractivity contribution in [3.05, 3.63) is 30.1 Å². The highest BCUT2D eigenvalue weighted by atomic mass is 32.2. The molecule has 1 saturated heterocycles. The molecule has 1 aromatic rings. The summed E-state index contributed by atoms with van der Waals surface area (Å²) in [7, 11) is -4.26. The van der Waals surface area contributed by atoms with E-state index < -0.39 is 40.2 Å². The summed E-state index contributed by atoms with van der Waals surface area (Å²) in [5, 5.41) is 9.06. The molecule has 1 fully saturated rings. The minimum Gasteiger partial charge on any atom is -0.480 e. The second kappa shape index (κ2) is 5.64. The molecule has 1 heterocycles. The van der Waals surface area contributed by atoms with Crippen molar-refractivity contribution in [2.45, 2.75) is 23.8 Å². The first-order valence-corrected chi connectivity index (χ1v) is 7.47. The Labute approximate surface area is 119 Å². The molecule has 0 radical (unpaired) electrons. The summed E-state index contributed by atoms with van der Waals surface area (Å²) in [6.07, 6.45) is -3.17. The highest BCUT2D eigenvalue weighted by Gasteiger charge is 2.49. The maximum Gasteiger partial charge on any atom is 0.322 e. The molecule has 5 nitrogen and oxygen atoms in total. The van der Waals surface area contributed by atoms with Crippen LogP contribution in [0.15, 0.2) is 29.2 Å². The normalized spacial score (nSPS) is 23.6. The maximum atomic E-state index is 12.8. The van der Waals surface area contributed by atoms with Gasteiger partial charge < -0.3 is 5.11 Å². The molecule has 0 bridgehead atoms. The Bertz CT molecular complexity index is 632. The van der Waals surface area contributed by atoms with Crippen molar-refractivity contribution < 1.29 is 31.5 Å². The summed E-state index contributed by atoms with van der Waals surface area (Å²) in [6, 6.07) is 1.94. The molecule has 1 unspecified atom stereocenters. The number of rotatable bonds is 4. The van der Waals surface area contributed by atoms with Gasteiger partial charge in [0.2, 0.25) is 16.4 Å². The van der Waals surface area contributed by atoms with Gasteiger partial charge in [0.25, 0.3) is 0 Å². The van der Waals surface area contributed by atoms with Crippen molar-refractivity contribution in [1.82, 2.24) is 4.31 Å². The number of sulfonamides is 1. The molecule has 2 atom stereocenters. The molecular formula is C12H12F3NO4S. The first-order valence-electron chi connectivity index (χ1n) is 6.03. The third-order valence-corrected chi connectivity index (χ3v) is 5.29. The largest absolute Gasteiger partial charge is 0.480 e. The van der Waals surface area contributed by atoms with E-state index in [9.17, 15) is 26.4 Å². The number of carbonyl (C=O) groups is 1. The van der Waals surface area contributed by atoms with Gasteiger partial charge in [0.1, 0.15) is 11.9 Å². The molecule has 0 aliphatic carbocycles. The van der Waals surface area contributed by atoms with Crippen molar-refractivity contribution in [2.24, 2.45) is 5.92 Å². The summed E-state index contributed by atoms with van der Waals surface area (Å²) < 4.78 is 63.7. The summed E-state index contributed by atoms with van der Waals surface area (Å²) in [6.45, 7) is -0.314. The third kappa shape index (κ3) is 2.88. The van der Waals surface area contributed by atoms with Crippen LogP contribution < -0.4 is 0 Å². The van der Waals surface area contributed by atoms with Crippen LogP contribution in [0.5, 0.6) is 0 Å². The molecule has 9 heteroatoms. The van der Waals surface area contributed by atoms with Gasteiger partial charge in [0.05, 0.1) is 4.90 Å². The zero-order valence-corrected chi connectivity index (χ0v) is 11.4. The topological polar surface area (TPSA) is 74.7 Å². The van der Waals surface area contributed by atoms with E-state index in [2.05, 4.69) is 0 Å². The molecule has 0 aromatic heterocycles. The zero-order valence-electron chi connectivity index (χ0n) is 10.6. The number of carboxylic acids is 1. The van der Waals surface area contributed by atoms with Gasteiger partial charge in [-0.2, -0.15) is 4.31 Å². The summed E-state index contributed by atoms with van der Waals surface area (Å²) in [5.74, 6) is -3.84. The minimum absolute atomic E-state index is 0.241. The number of hydrogen-bond acceptors (Lipinski definition) is 3. The molecular weight excluding hydrogens is 311 g/mol. The predicted molar refractivity (Wildman–Crippen MR) is 65.8 cm³/mol. The lowest BCUT2D eigenvalue weighted by molar-refractivity contribution is -0.143. The van der Waals surface area contributed by atoms with Gasteiger partial charge in [-0.25, -0.2) is 21.6 Å². The van der Waals surface area contributed by atoms with Gasteiger partial charge in [-0.3, -0.25) is 4.79 Å². The van der Waals surface area contributed by atoms with Crippen molar-refractivity contribution in [3.63, 3.8) is 0 Å². The monoisotopic (exact) mass is 323 g/mol. The number of hydrogen-bond donors (Lipinski definition) is 1. The van der Waals surface area contributed by atoms with E-state index >= 15 is 0 Å². The Morgan fingerprint density at radius 1 is 1.29 bits per heavy atom. The van der Waals surface area contributed by atoms with Crippen LogP contribution in [0.25, 0.3) is 0 Å². The highest BCUT2D eigenvalue weighted by molar-refractivity contribution is 7.89. The van der Waals surface area contributed by atoms with E-state index in [0.717, 1.165) is 24.3 Å². The van der Waals surface area contributed by atoms with Gasteiger partial charge in [0.15, 0.2) is 0 Å². The fraction of sp³-hybridized carbons (Fsp3) is 0.417. The van der Waals surface area contributed by atoms with Gasteiger partial charge in [-0.15, -0.1) is 0 Å². The van der Waals surface area contributed by atoms with Crippen molar-refractivity contribution in [1.29, 1.82) is 0 Å². The van der Waals surface area contributed by atoms with Crippen molar-refractivity contribution in [3.8, 4) is 0 Å². The van der Waals surface area contributed by atoms with Crippen LogP contribution in [0, 0.1) is 11.7 Å². The molecule has 0 amide bonds. The number of nitrogens with zero attached hydrogens (tertiary/aromatic N) is 1. The number of halogens is 3. The second-order valence-electron chi connectivity index (χ2n) is 4.64. The van der Waals surface area contributed by atoms with Gasteiger partial charge in [0, 0.05) is 12.5 Å². The van der Waals surface area contributed by atoms with Gasteiger partial charge in [-0.1, -0.05) is 0 Å². The molecule has 1 aliphatic rings. The number of alkyl halides is 2. The molecule has 0 spiro atoms. The Hall–Kier alpha value is -1.61. The molecule has 0 saturated carbocycles. The van der Waals surface area contributed by atoms with Crippen LogP contribution in [0.2, 0.25) is 0 Å². The number of carboxylic acid groups (broad SMARTS) is 1. The Kier molecular flexibility index (Phi) is 4.24.